The summed E-state index contributed by atoms with van der Waals surface area (Å²) >= 11 is 0. The molecule has 4 N–H and O–H groups in total. The van der Waals surface area contributed by atoms with Gasteiger partial charge >= 0.3 is 0 Å². The highest BCUT2D eigenvalue weighted by Crippen LogP contribution is 2.11. The Morgan fingerprint density at radius 3 is 2.06 bits per heavy atom. The molecule has 0 saturated carbocycles. The quantitative estimate of drug-likeness (QED) is 0.452. The maximum atomic E-state index is 11.2. The number of guanidine groups is 1. The summed E-state index contributed by atoms with van der Waals surface area (Å²) < 4.78 is 22.5. The first-order chi connectivity index (χ1) is 7.80. The van der Waals surface area contributed by atoms with Gasteiger partial charge in [-0.2, -0.15) is 5.10 Å². The van der Waals surface area contributed by atoms with Crippen molar-refractivity contribution in [3.05, 3.63) is 29.8 Å². The lowest BCUT2D eigenvalue weighted by molar-refractivity contribution is 0.602. The second kappa shape index (κ2) is 4.96. The van der Waals surface area contributed by atoms with Gasteiger partial charge in [0.15, 0.2) is 9.84 Å². The van der Waals surface area contributed by atoms with Crippen LogP contribution in [0.5, 0.6) is 0 Å². The molecule has 1 rings (SSSR count). The molecule has 0 radical (unpaired) electrons. The smallest absolute Gasteiger partial charge is 0.211 e. The molecule has 1 aromatic rings. The molecule has 0 amide bonds. The molecule has 0 aliphatic heterocycles. The lowest BCUT2D eigenvalue weighted by atomic mass is 10.1. The van der Waals surface area contributed by atoms with Gasteiger partial charge in [-0.3, -0.25) is 0 Å². The molecule has 1 aromatic carbocycles. The predicted octanol–water partition coefficient (Wildman–Crippen LogP) is 0.0875. The van der Waals surface area contributed by atoms with Gasteiger partial charge in [0.25, 0.3) is 0 Å². The summed E-state index contributed by atoms with van der Waals surface area (Å²) in [6.07, 6.45) is 1.16. The maximum Gasteiger partial charge on any atom is 0.211 e. The van der Waals surface area contributed by atoms with E-state index in [2.05, 4.69) is 10.2 Å². The molecule has 0 aliphatic rings. The molecule has 17 heavy (non-hydrogen) atoms. The molecule has 0 aliphatic carbocycles. The van der Waals surface area contributed by atoms with Crippen molar-refractivity contribution in [1.29, 1.82) is 0 Å². The van der Waals surface area contributed by atoms with Gasteiger partial charge < -0.3 is 11.5 Å². The van der Waals surface area contributed by atoms with Crippen LogP contribution in [0.3, 0.4) is 0 Å². The Labute approximate surface area is 100.0 Å². The van der Waals surface area contributed by atoms with Gasteiger partial charge in [-0.25, -0.2) is 8.42 Å². The van der Waals surface area contributed by atoms with E-state index in [0.717, 1.165) is 11.8 Å². The van der Waals surface area contributed by atoms with Gasteiger partial charge in [0.1, 0.15) is 0 Å². The van der Waals surface area contributed by atoms with Crippen molar-refractivity contribution in [2.24, 2.45) is 21.7 Å². The summed E-state index contributed by atoms with van der Waals surface area (Å²) in [5, 5.41) is 7.30. The highest BCUT2D eigenvalue weighted by Gasteiger charge is 2.06. The normalized spacial score (nSPS) is 12.2. The molecule has 0 unspecified atom stereocenters. The third-order valence-electron chi connectivity index (χ3n) is 2.02. The Morgan fingerprint density at radius 2 is 1.65 bits per heavy atom. The van der Waals surface area contributed by atoms with Gasteiger partial charge in [-0.15, -0.1) is 5.10 Å². The molecule has 0 atom stereocenters. The molecule has 0 fully saturated rings. The topological polar surface area (TPSA) is 111 Å². The minimum atomic E-state index is -3.18. The van der Waals surface area contributed by atoms with Crippen LogP contribution in [-0.4, -0.2) is 26.3 Å². The van der Waals surface area contributed by atoms with Gasteiger partial charge in [0.05, 0.1) is 10.6 Å². The zero-order valence-electron chi connectivity index (χ0n) is 9.58. The first kappa shape index (κ1) is 13.2. The average Bonchev–Trinajstić information content (AvgIpc) is 2.25. The first-order valence-electron chi connectivity index (χ1n) is 4.74. The van der Waals surface area contributed by atoms with Crippen LogP contribution in [0.15, 0.2) is 39.4 Å². The molecular weight excluding hydrogens is 240 g/mol. The third-order valence-corrected chi connectivity index (χ3v) is 3.14. The summed E-state index contributed by atoms with van der Waals surface area (Å²) in [7, 11) is -3.18. The first-order valence-corrected chi connectivity index (χ1v) is 6.63. The maximum absolute atomic E-state index is 11.2. The van der Waals surface area contributed by atoms with E-state index in [1.807, 2.05) is 0 Å². The highest BCUT2D eigenvalue weighted by molar-refractivity contribution is 7.90. The summed E-state index contributed by atoms with van der Waals surface area (Å²) in [4.78, 5) is 0.260. The van der Waals surface area contributed by atoms with Gasteiger partial charge in [0, 0.05) is 6.26 Å². The number of benzene rings is 1. The number of hydrogen-bond acceptors (Lipinski definition) is 4. The number of sulfone groups is 1. The van der Waals surface area contributed by atoms with Crippen LogP contribution < -0.4 is 11.5 Å². The highest BCUT2D eigenvalue weighted by atomic mass is 32.2. The van der Waals surface area contributed by atoms with Crippen LogP contribution in [0.2, 0.25) is 0 Å². The Balaban J connectivity index is 3.04. The second-order valence-corrected chi connectivity index (χ2v) is 5.52. The van der Waals surface area contributed by atoms with E-state index in [0.29, 0.717) is 5.71 Å². The second-order valence-electron chi connectivity index (χ2n) is 3.51. The molecule has 0 heterocycles. The minimum Gasteiger partial charge on any atom is -0.369 e. The van der Waals surface area contributed by atoms with Crippen LogP contribution in [0.4, 0.5) is 0 Å². The third kappa shape index (κ3) is 3.87. The summed E-state index contributed by atoms with van der Waals surface area (Å²) in [5.41, 5.74) is 11.6. The zero-order chi connectivity index (χ0) is 13.1. The van der Waals surface area contributed by atoms with E-state index < -0.39 is 9.84 Å². The van der Waals surface area contributed by atoms with Crippen LogP contribution in [0.1, 0.15) is 12.5 Å². The Hall–Kier alpha value is -1.89. The molecule has 0 aromatic heterocycles. The molecule has 0 spiro atoms. The van der Waals surface area contributed by atoms with E-state index in [4.69, 9.17) is 11.5 Å². The Morgan fingerprint density at radius 1 is 1.12 bits per heavy atom. The standard InChI is InChI=1S/C10H14N4O2S/c1-7(13-14-10(11)12)8-3-5-9(6-4-8)17(2,15)16/h3-6H,1-2H3,(H4,11,12,14). The molecule has 92 valence electrons. The van der Waals surface area contributed by atoms with Crippen LogP contribution in [0.25, 0.3) is 0 Å². The van der Waals surface area contributed by atoms with Crippen LogP contribution in [-0.2, 0) is 9.84 Å². The summed E-state index contributed by atoms with van der Waals surface area (Å²) in [5.74, 6) is -0.128. The van der Waals surface area contributed by atoms with E-state index in [9.17, 15) is 8.42 Å². The SMILES string of the molecule is CC(=NN=C(N)N)c1ccc(S(C)(=O)=O)cc1. The van der Waals surface area contributed by atoms with E-state index in [-0.39, 0.29) is 10.9 Å². The van der Waals surface area contributed by atoms with Crippen molar-refractivity contribution in [2.75, 3.05) is 6.26 Å². The zero-order valence-corrected chi connectivity index (χ0v) is 10.4. The summed E-state index contributed by atoms with van der Waals surface area (Å²) in [6, 6.07) is 6.33. The Bertz CT molecular complexity index is 554. The molecule has 7 heteroatoms. The average molecular weight is 254 g/mol. The molecule has 0 saturated heterocycles. The van der Waals surface area contributed by atoms with Crippen LogP contribution in [0, 0.1) is 0 Å². The van der Waals surface area contributed by atoms with Crippen molar-refractivity contribution in [3.8, 4) is 0 Å². The van der Waals surface area contributed by atoms with E-state index in [1.165, 1.54) is 12.1 Å². The molecule has 0 bridgehead atoms. The lowest BCUT2D eigenvalue weighted by Crippen LogP contribution is -2.22. The lowest BCUT2D eigenvalue weighted by Gasteiger charge is -2.01. The number of rotatable bonds is 3. The fourth-order valence-electron chi connectivity index (χ4n) is 1.13. The van der Waals surface area contributed by atoms with Crippen molar-refractivity contribution in [2.45, 2.75) is 11.8 Å². The predicted molar refractivity (Wildman–Crippen MR) is 67.6 cm³/mol. The number of nitrogens with zero attached hydrogens (tertiary/aromatic N) is 2. The fraction of sp³-hybridized carbons (Fsp3) is 0.200. The Kier molecular flexibility index (Phi) is 3.84. The van der Waals surface area contributed by atoms with Crippen LogP contribution >= 0.6 is 0 Å². The number of hydrogen-bond donors (Lipinski definition) is 2. The number of nitrogens with two attached hydrogens (primary N) is 2. The van der Waals surface area contributed by atoms with E-state index >= 15 is 0 Å². The van der Waals surface area contributed by atoms with Gasteiger partial charge in [-0.1, -0.05) is 12.1 Å². The fourth-order valence-corrected chi connectivity index (χ4v) is 1.76. The van der Waals surface area contributed by atoms with E-state index in [1.54, 1.807) is 19.1 Å². The monoisotopic (exact) mass is 254 g/mol. The molecular formula is C10H14N4O2S. The summed E-state index contributed by atoms with van der Waals surface area (Å²) in [6.45, 7) is 1.72. The molecule has 6 nitrogen and oxygen atoms in total. The van der Waals surface area contributed by atoms with Gasteiger partial charge in [-0.05, 0) is 24.6 Å². The van der Waals surface area contributed by atoms with Crippen molar-refractivity contribution in [1.82, 2.24) is 0 Å². The van der Waals surface area contributed by atoms with Crippen molar-refractivity contribution < 1.29 is 8.42 Å². The van der Waals surface area contributed by atoms with Crippen molar-refractivity contribution in [3.63, 3.8) is 0 Å². The van der Waals surface area contributed by atoms with Gasteiger partial charge in [0.2, 0.25) is 5.96 Å². The van der Waals surface area contributed by atoms with Crippen molar-refractivity contribution >= 4 is 21.5 Å². The largest absolute Gasteiger partial charge is 0.369 e. The minimum absolute atomic E-state index is 0.128.